The molecule has 100 valence electrons. The number of hydrogen-bond acceptors (Lipinski definition) is 4. The summed E-state index contributed by atoms with van der Waals surface area (Å²) in [6, 6.07) is 5.80. The largest absolute Gasteiger partial charge is 0.382 e. The highest BCUT2D eigenvalue weighted by molar-refractivity contribution is 7.90. The Balaban J connectivity index is 2.40. The number of anilines is 2. The van der Waals surface area contributed by atoms with Crippen LogP contribution in [0.15, 0.2) is 23.1 Å². The molecule has 1 aliphatic heterocycles. The van der Waals surface area contributed by atoms with Crippen molar-refractivity contribution in [2.75, 3.05) is 23.4 Å². The quantitative estimate of drug-likeness (QED) is 0.884. The van der Waals surface area contributed by atoms with Crippen LogP contribution in [0.2, 0.25) is 0 Å². The molecule has 4 nitrogen and oxygen atoms in total. The summed E-state index contributed by atoms with van der Waals surface area (Å²) >= 11 is 0. The second-order valence-electron chi connectivity index (χ2n) is 4.80. The summed E-state index contributed by atoms with van der Waals surface area (Å²) in [5.41, 5.74) is 1.62. The van der Waals surface area contributed by atoms with E-state index in [-0.39, 0.29) is 0 Å². The number of benzene rings is 1. The minimum Gasteiger partial charge on any atom is -0.382 e. The summed E-state index contributed by atoms with van der Waals surface area (Å²) in [4.78, 5) is 0.379. The monoisotopic (exact) mass is 268 g/mol. The van der Waals surface area contributed by atoms with Crippen molar-refractivity contribution in [2.45, 2.75) is 37.1 Å². The lowest BCUT2D eigenvalue weighted by Gasteiger charge is -2.17. The Kier molecular flexibility index (Phi) is 3.80. The maximum Gasteiger partial charge on any atom is 0.177 e. The first-order valence-corrected chi connectivity index (χ1v) is 8.25. The first-order valence-electron chi connectivity index (χ1n) is 6.36. The van der Waals surface area contributed by atoms with Crippen LogP contribution in [0.3, 0.4) is 0 Å². The maximum atomic E-state index is 11.8. The third-order valence-electron chi connectivity index (χ3n) is 3.22. The van der Waals surface area contributed by atoms with Crippen LogP contribution in [0.5, 0.6) is 0 Å². The third kappa shape index (κ3) is 2.77. The van der Waals surface area contributed by atoms with Crippen molar-refractivity contribution in [3.05, 3.63) is 18.2 Å². The molecule has 1 aromatic rings. The Bertz CT molecular complexity index is 526. The summed E-state index contributed by atoms with van der Waals surface area (Å²) < 4.78 is 23.5. The van der Waals surface area contributed by atoms with Crippen LogP contribution < -0.4 is 10.6 Å². The molecule has 1 heterocycles. The van der Waals surface area contributed by atoms with Crippen LogP contribution in [0.1, 0.15) is 26.2 Å². The van der Waals surface area contributed by atoms with Gasteiger partial charge in [-0.2, -0.15) is 0 Å². The van der Waals surface area contributed by atoms with Gasteiger partial charge in [0.15, 0.2) is 9.84 Å². The zero-order valence-electron chi connectivity index (χ0n) is 10.9. The van der Waals surface area contributed by atoms with E-state index in [0.29, 0.717) is 10.9 Å². The van der Waals surface area contributed by atoms with E-state index in [0.717, 1.165) is 37.2 Å². The van der Waals surface area contributed by atoms with Crippen LogP contribution in [0, 0.1) is 0 Å². The maximum absolute atomic E-state index is 11.8. The van der Waals surface area contributed by atoms with Crippen LogP contribution in [0.25, 0.3) is 0 Å². The van der Waals surface area contributed by atoms with Crippen LogP contribution in [-0.2, 0) is 9.84 Å². The summed E-state index contributed by atoms with van der Waals surface area (Å²) in [5, 5.41) is 6.69. The lowest BCUT2D eigenvalue weighted by Crippen LogP contribution is -2.19. The Hall–Kier alpha value is -1.23. The van der Waals surface area contributed by atoms with Crippen LogP contribution >= 0.6 is 0 Å². The fraction of sp³-hybridized carbons (Fsp3) is 0.538. The summed E-state index contributed by atoms with van der Waals surface area (Å²) in [7, 11) is -3.19. The van der Waals surface area contributed by atoms with Crippen molar-refractivity contribution in [2.24, 2.45) is 0 Å². The van der Waals surface area contributed by atoms with Gasteiger partial charge < -0.3 is 10.6 Å². The van der Waals surface area contributed by atoms with Crippen molar-refractivity contribution in [3.63, 3.8) is 0 Å². The normalized spacial score (nSPS) is 19.3. The molecule has 1 atom stereocenters. The highest BCUT2D eigenvalue weighted by atomic mass is 32.2. The fourth-order valence-electron chi connectivity index (χ4n) is 2.37. The molecule has 0 amide bonds. The molecule has 0 saturated carbocycles. The second-order valence-corrected chi connectivity index (χ2v) is 6.78. The number of hydrogen-bond donors (Lipinski definition) is 2. The highest BCUT2D eigenvalue weighted by Gasteiger charge is 2.20. The molecule has 2 N–H and O–H groups in total. The van der Waals surface area contributed by atoms with Gasteiger partial charge in [0, 0.05) is 18.8 Å². The van der Waals surface area contributed by atoms with E-state index < -0.39 is 9.84 Å². The molecular weight excluding hydrogens is 248 g/mol. The molecule has 1 aromatic carbocycles. The molecule has 0 aromatic heterocycles. The fourth-order valence-corrected chi connectivity index (χ4v) is 3.25. The SMILES string of the molecule is CCCC1CCNc2c(cccc2S(C)(=O)=O)N1. The molecule has 2 rings (SSSR count). The Morgan fingerprint density at radius 3 is 2.83 bits per heavy atom. The van der Waals surface area contributed by atoms with Gasteiger partial charge in [0.2, 0.25) is 0 Å². The number of fused-ring (bicyclic) bond motifs is 1. The van der Waals surface area contributed by atoms with Gasteiger partial charge in [0.05, 0.1) is 16.3 Å². The minimum absolute atomic E-state index is 0.379. The lowest BCUT2D eigenvalue weighted by atomic mass is 10.1. The predicted molar refractivity (Wildman–Crippen MR) is 75.0 cm³/mol. The number of rotatable bonds is 3. The topological polar surface area (TPSA) is 58.2 Å². The number of para-hydroxylation sites is 1. The van der Waals surface area contributed by atoms with Crippen LogP contribution in [0.4, 0.5) is 11.4 Å². The van der Waals surface area contributed by atoms with Gasteiger partial charge in [-0.25, -0.2) is 8.42 Å². The second kappa shape index (κ2) is 5.18. The third-order valence-corrected chi connectivity index (χ3v) is 4.36. The molecule has 0 fully saturated rings. The van der Waals surface area contributed by atoms with Gasteiger partial charge in [-0.1, -0.05) is 19.4 Å². The van der Waals surface area contributed by atoms with Gasteiger partial charge in [-0.3, -0.25) is 0 Å². The average Bonchev–Trinajstić information content (AvgIpc) is 2.49. The zero-order chi connectivity index (χ0) is 13.2. The minimum atomic E-state index is -3.19. The van der Waals surface area contributed by atoms with E-state index in [9.17, 15) is 8.42 Å². The number of nitrogens with one attached hydrogen (secondary N) is 2. The van der Waals surface area contributed by atoms with Crippen molar-refractivity contribution in [1.82, 2.24) is 0 Å². The van der Waals surface area contributed by atoms with E-state index in [1.807, 2.05) is 6.07 Å². The van der Waals surface area contributed by atoms with E-state index in [1.165, 1.54) is 6.26 Å². The standard InChI is InChI=1S/C13H20N2O2S/c1-3-5-10-8-9-14-13-11(15-10)6-4-7-12(13)18(2,16)17/h4,6-7,10,14-15H,3,5,8-9H2,1-2H3. The van der Waals surface area contributed by atoms with E-state index in [2.05, 4.69) is 17.6 Å². The van der Waals surface area contributed by atoms with Crippen molar-refractivity contribution < 1.29 is 8.42 Å². The Morgan fingerprint density at radius 2 is 2.17 bits per heavy atom. The smallest absolute Gasteiger partial charge is 0.177 e. The van der Waals surface area contributed by atoms with Crippen molar-refractivity contribution in [3.8, 4) is 0 Å². The highest BCUT2D eigenvalue weighted by Crippen LogP contribution is 2.32. The Morgan fingerprint density at radius 1 is 1.39 bits per heavy atom. The molecule has 0 saturated heterocycles. The first-order chi connectivity index (χ1) is 8.52. The summed E-state index contributed by atoms with van der Waals surface area (Å²) in [6.45, 7) is 2.96. The summed E-state index contributed by atoms with van der Waals surface area (Å²) in [6.07, 6.45) is 4.48. The average molecular weight is 268 g/mol. The molecule has 5 heteroatoms. The van der Waals surface area contributed by atoms with E-state index in [1.54, 1.807) is 12.1 Å². The van der Waals surface area contributed by atoms with Crippen LogP contribution in [-0.4, -0.2) is 27.3 Å². The first kappa shape index (κ1) is 13.2. The zero-order valence-corrected chi connectivity index (χ0v) is 11.7. The predicted octanol–water partition coefficient (Wildman–Crippen LogP) is 2.49. The van der Waals surface area contributed by atoms with Gasteiger partial charge in [0.25, 0.3) is 0 Å². The van der Waals surface area contributed by atoms with Gasteiger partial charge in [-0.15, -0.1) is 0 Å². The lowest BCUT2D eigenvalue weighted by molar-refractivity contribution is 0.602. The molecular formula is C13H20N2O2S. The molecule has 1 aliphatic rings. The summed E-state index contributed by atoms with van der Waals surface area (Å²) in [5.74, 6) is 0. The molecule has 0 radical (unpaired) electrons. The molecule has 1 unspecified atom stereocenters. The molecule has 0 aliphatic carbocycles. The molecule has 18 heavy (non-hydrogen) atoms. The van der Waals surface area contributed by atoms with Gasteiger partial charge in [0.1, 0.15) is 0 Å². The van der Waals surface area contributed by atoms with E-state index >= 15 is 0 Å². The number of sulfone groups is 1. The molecule has 0 spiro atoms. The Labute approximate surface area is 109 Å². The van der Waals surface area contributed by atoms with E-state index in [4.69, 9.17) is 0 Å². The van der Waals surface area contributed by atoms with Gasteiger partial charge >= 0.3 is 0 Å². The van der Waals surface area contributed by atoms with Crippen molar-refractivity contribution in [1.29, 1.82) is 0 Å². The van der Waals surface area contributed by atoms with Gasteiger partial charge in [-0.05, 0) is 25.0 Å². The van der Waals surface area contributed by atoms with Crippen molar-refractivity contribution >= 4 is 21.2 Å². The molecule has 0 bridgehead atoms.